The average Bonchev–Trinajstić information content (AvgIpc) is 2.44. The summed E-state index contributed by atoms with van der Waals surface area (Å²) in [6, 6.07) is 1.72. The Labute approximate surface area is 116 Å². The molecule has 1 rings (SSSR count). The molecule has 0 N–H and O–H groups in total. The molecule has 1 aromatic heterocycles. The molecule has 0 aliphatic rings. The maximum absolute atomic E-state index is 12.0. The van der Waals surface area contributed by atoms with E-state index in [1.807, 2.05) is 6.92 Å². The molecule has 0 saturated heterocycles. The Balaban J connectivity index is 3.06. The first-order valence-corrected chi connectivity index (χ1v) is 6.45. The lowest BCUT2D eigenvalue weighted by molar-refractivity contribution is -0.144. The van der Waals surface area contributed by atoms with Crippen molar-refractivity contribution in [2.45, 2.75) is 39.8 Å². The monoisotopic (exact) mass is 279 g/mol. The van der Waals surface area contributed by atoms with Crippen molar-refractivity contribution in [2.24, 2.45) is 0 Å². The van der Waals surface area contributed by atoms with Crippen LogP contribution in [0.5, 0.6) is 0 Å². The summed E-state index contributed by atoms with van der Waals surface area (Å²) in [6.07, 6.45) is 2.79. The van der Waals surface area contributed by atoms with Crippen molar-refractivity contribution in [3.63, 3.8) is 0 Å². The van der Waals surface area contributed by atoms with Gasteiger partial charge in [0.05, 0.1) is 6.61 Å². The van der Waals surface area contributed by atoms with Crippen LogP contribution in [0.3, 0.4) is 0 Å². The molecule has 0 amide bonds. The number of ether oxygens (including phenoxy) is 1. The first-order valence-electron chi connectivity index (χ1n) is 6.45. The van der Waals surface area contributed by atoms with Crippen LogP contribution in [0.4, 0.5) is 0 Å². The van der Waals surface area contributed by atoms with Crippen LogP contribution in [0.1, 0.15) is 32.3 Å². The molecule has 0 bridgehead atoms. The number of aromatic nitrogens is 2. The Hall–Kier alpha value is -2.36. The van der Waals surface area contributed by atoms with E-state index in [1.165, 1.54) is 10.8 Å². The number of nitriles is 1. The van der Waals surface area contributed by atoms with Crippen molar-refractivity contribution in [3.8, 4) is 6.07 Å². The molecule has 1 aromatic rings. The van der Waals surface area contributed by atoms with Crippen LogP contribution in [0, 0.1) is 11.3 Å². The van der Waals surface area contributed by atoms with Crippen molar-refractivity contribution in [3.05, 3.63) is 32.6 Å². The summed E-state index contributed by atoms with van der Waals surface area (Å²) in [4.78, 5) is 35.4. The molecule has 0 aromatic carbocycles. The maximum Gasteiger partial charge on any atom is 0.331 e. The minimum atomic E-state index is -0.769. The van der Waals surface area contributed by atoms with Crippen molar-refractivity contribution in [2.75, 3.05) is 6.61 Å². The van der Waals surface area contributed by atoms with Crippen LogP contribution in [0.25, 0.3) is 0 Å². The summed E-state index contributed by atoms with van der Waals surface area (Å²) in [5.74, 6) is -0.657. The molecule has 108 valence electrons. The zero-order valence-electron chi connectivity index (χ0n) is 11.6. The highest BCUT2D eigenvalue weighted by atomic mass is 16.5. The van der Waals surface area contributed by atoms with Gasteiger partial charge in [0, 0.05) is 12.7 Å². The fourth-order valence-electron chi connectivity index (χ4n) is 1.60. The largest absolute Gasteiger partial charge is 0.464 e. The van der Waals surface area contributed by atoms with Crippen LogP contribution in [-0.2, 0) is 22.6 Å². The summed E-state index contributed by atoms with van der Waals surface area (Å²) in [5.41, 5.74) is -1.56. The van der Waals surface area contributed by atoms with E-state index >= 15 is 0 Å². The lowest BCUT2D eigenvalue weighted by Gasteiger charge is -2.09. The molecule has 7 nitrogen and oxygen atoms in total. The number of hydrogen-bond donors (Lipinski definition) is 0. The number of carbonyl (C=O) groups excluding carboxylic acids is 1. The van der Waals surface area contributed by atoms with E-state index in [1.54, 1.807) is 13.0 Å². The highest BCUT2D eigenvalue weighted by molar-refractivity contribution is 5.69. The van der Waals surface area contributed by atoms with Gasteiger partial charge >= 0.3 is 11.7 Å². The molecule has 0 fully saturated rings. The van der Waals surface area contributed by atoms with E-state index in [9.17, 15) is 14.4 Å². The first-order chi connectivity index (χ1) is 9.54. The summed E-state index contributed by atoms with van der Waals surface area (Å²) >= 11 is 0. The van der Waals surface area contributed by atoms with E-state index in [0.29, 0.717) is 6.54 Å². The molecule has 0 aliphatic carbocycles. The number of hydrogen-bond acceptors (Lipinski definition) is 5. The highest BCUT2D eigenvalue weighted by Crippen LogP contribution is 1.92. The molecular formula is C13H17N3O4. The van der Waals surface area contributed by atoms with Gasteiger partial charge in [-0.1, -0.05) is 13.3 Å². The van der Waals surface area contributed by atoms with Gasteiger partial charge in [-0.2, -0.15) is 5.26 Å². The van der Waals surface area contributed by atoms with E-state index < -0.39 is 23.8 Å². The Kier molecular flexibility index (Phi) is 5.72. The van der Waals surface area contributed by atoms with Gasteiger partial charge in [-0.25, -0.2) is 9.36 Å². The minimum absolute atomic E-state index is 0.173. The van der Waals surface area contributed by atoms with Gasteiger partial charge in [-0.15, -0.1) is 0 Å². The van der Waals surface area contributed by atoms with E-state index in [0.717, 1.165) is 17.4 Å². The minimum Gasteiger partial charge on any atom is -0.464 e. The predicted molar refractivity (Wildman–Crippen MR) is 71.2 cm³/mol. The van der Waals surface area contributed by atoms with Gasteiger partial charge in [0.25, 0.3) is 5.56 Å². The van der Waals surface area contributed by atoms with Crippen LogP contribution in [-0.4, -0.2) is 21.7 Å². The molecular weight excluding hydrogens is 262 g/mol. The fraction of sp³-hybridized carbons (Fsp3) is 0.538. The van der Waals surface area contributed by atoms with Gasteiger partial charge in [0.15, 0.2) is 0 Å². The first kappa shape index (κ1) is 15.7. The number of carbonyl (C=O) groups is 1. The Bertz CT molecular complexity index is 636. The Morgan fingerprint density at radius 3 is 2.65 bits per heavy atom. The second-order valence-electron chi connectivity index (χ2n) is 4.19. The third kappa shape index (κ3) is 3.57. The van der Waals surface area contributed by atoms with E-state index in [2.05, 4.69) is 0 Å². The Morgan fingerprint density at radius 1 is 1.40 bits per heavy atom. The van der Waals surface area contributed by atoms with Gasteiger partial charge in [-0.05, 0) is 13.3 Å². The molecule has 1 heterocycles. The molecule has 7 heteroatoms. The quantitative estimate of drug-likeness (QED) is 0.549. The Morgan fingerprint density at radius 2 is 2.10 bits per heavy atom. The zero-order chi connectivity index (χ0) is 15.1. The second kappa shape index (κ2) is 7.28. The smallest absolute Gasteiger partial charge is 0.331 e. The maximum atomic E-state index is 12.0. The molecule has 20 heavy (non-hydrogen) atoms. The molecule has 0 aliphatic heterocycles. The number of aryl methyl sites for hydroxylation is 1. The van der Waals surface area contributed by atoms with Crippen molar-refractivity contribution >= 4 is 5.97 Å². The molecule has 0 saturated carbocycles. The summed E-state index contributed by atoms with van der Waals surface area (Å²) in [5, 5.41) is 8.87. The molecule has 0 atom stereocenters. The third-order valence-corrected chi connectivity index (χ3v) is 2.75. The number of esters is 1. The summed E-state index contributed by atoms with van der Waals surface area (Å²) in [7, 11) is 0. The molecule has 0 unspecified atom stereocenters. The zero-order valence-corrected chi connectivity index (χ0v) is 11.6. The van der Waals surface area contributed by atoms with Gasteiger partial charge in [0.1, 0.15) is 18.2 Å². The van der Waals surface area contributed by atoms with Crippen molar-refractivity contribution < 1.29 is 9.53 Å². The lowest BCUT2D eigenvalue weighted by Crippen LogP contribution is -2.42. The normalized spacial score (nSPS) is 10.1. The summed E-state index contributed by atoms with van der Waals surface area (Å²) in [6.45, 7) is 3.74. The van der Waals surface area contributed by atoms with Crippen molar-refractivity contribution in [1.82, 2.24) is 9.13 Å². The predicted octanol–water partition coefficient (Wildman–Crippen LogP) is 0.245. The number of nitrogens with zero attached hydrogens (tertiary/aromatic N) is 3. The van der Waals surface area contributed by atoms with Crippen LogP contribution in [0.2, 0.25) is 0 Å². The SMILES string of the molecule is CCCCOC(=O)Cn1c(=O)c(C#N)cn(CC)c1=O. The van der Waals surface area contributed by atoms with Crippen LogP contribution >= 0.6 is 0 Å². The topological polar surface area (TPSA) is 94.1 Å². The van der Waals surface area contributed by atoms with Crippen LogP contribution in [0.15, 0.2) is 15.8 Å². The summed E-state index contributed by atoms with van der Waals surface area (Å²) < 4.78 is 6.85. The molecule has 0 spiro atoms. The lowest BCUT2D eigenvalue weighted by atomic mass is 10.3. The van der Waals surface area contributed by atoms with Gasteiger partial charge < -0.3 is 4.74 Å². The second-order valence-corrected chi connectivity index (χ2v) is 4.19. The third-order valence-electron chi connectivity index (χ3n) is 2.75. The van der Waals surface area contributed by atoms with Crippen LogP contribution < -0.4 is 11.2 Å². The van der Waals surface area contributed by atoms with Gasteiger partial charge in [-0.3, -0.25) is 14.2 Å². The molecule has 0 radical (unpaired) electrons. The highest BCUT2D eigenvalue weighted by Gasteiger charge is 2.14. The standard InChI is InChI=1S/C13H17N3O4/c1-3-5-6-20-11(17)9-16-12(18)10(7-14)8-15(4-2)13(16)19/h8H,3-6,9H2,1-2H3. The number of rotatable bonds is 6. The number of unbranched alkanes of at least 4 members (excludes halogenated alkanes) is 1. The van der Waals surface area contributed by atoms with E-state index in [-0.39, 0.29) is 12.2 Å². The fourth-order valence-corrected chi connectivity index (χ4v) is 1.60. The van der Waals surface area contributed by atoms with Crippen molar-refractivity contribution in [1.29, 1.82) is 5.26 Å². The van der Waals surface area contributed by atoms with E-state index in [4.69, 9.17) is 10.00 Å². The van der Waals surface area contributed by atoms with Gasteiger partial charge in [0.2, 0.25) is 0 Å². The average molecular weight is 279 g/mol.